The molecule has 0 bridgehead atoms. The molecule has 13 heavy (non-hydrogen) atoms. The number of para-hydroxylation sites is 1. The number of hydrogen-bond acceptors (Lipinski definition) is 1. The minimum absolute atomic E-state index is 0.103. The molecule has 0 saturated carbocycles. The van der Waals surface area contributed by atoms with Gasteiger partial charge in [-0.15, -0.1) is 0 Å². The lowest BCUT2D eigenvalue weighted by Crippen LogP contribution is -2.07. The molecular formula is C8H6Cl2F2O. The van der Waals surface area contributed by atoms with Gasteiger partial charge in [0.25, 0.3) is 6.43 Å². The Labute approximate surface area is 84.2 Å². The number of benzene rings is 1. The first kappa shape index (κ1) is 10.5. The Bertz CT molecular complexity index is 271. The third kappa shape index (κ3) is 3.01. The van der Waals surface area contributed by atoms with E-state index in [9.17, 15) is 8.78 Å². The summed E-state index contributed by atoms with van der Waals surface area (Å²) in [7, 11) is 0. The Hall–Kier alpha value is -0.540. The second kappa shape index (κ2) is 4.63. The number of alkyl halides is 2. The lowest BCUT2D eigenvalue weighted by Gasteiger charge is -2.08. The van der Waals surface area contributed by atoms with E-state index in [1.165, 1.54) is 12.1 Å². The average Bonchev–Trinajstić information content (AvgIpc) is 2.03. The van der Waals surface area contributed by atoms with Gasteiger partial charge in [0.2, 0.25) is 0 Å². The van der Waals surface area contributed by atoms with Crippen molar-refractivity contribution in [3.8, 4) is 5.75 Å². The van der Waals surface area contributed by atoms with Crippen LogP contribution < -0.4 is 4.74 Å². The molecule has 0 unspecified atom stereocenters. The van der Waals surface area contributed by atoms with Crippen molar-refractivity contribution in [1.29, 1.82) is 0 Å². The maximum absolute atomic E-state index is 11.8. The van der Waals surface area contributed by atoms with Crippen LogP contribution in [0.25, 0.3) is 0 Å². The zero-order valence-corrected chi connectivity index (χ0v) is 7.95. The van der Waals surface area contributed by atoms with E-state index in [0.29, 0.717) is 0 Å². The SMILES string of the molecule is FC(F)COc1c(Cl)cccc1Cl. The van der Waals surface area contributed by atoms with Crippen molar-refractivity contribution in [2.75, 3.05) is 6.61 Å². The Morgan fingerprint density at radius 1 is 1.23 bits per heavy atom. The second-order valence-electron chi connectivity index (χ2n) is 2.25. The molecule has 0 aliphatic rings. The molecule has 5 heteroatoms. The fourth-order valence-electron chi connectivity index (χ4n) is 0.767. The van der Waals surface area contributed by atoms with Gasteiger partial charge in [0.05, 0.1) is 10.0 Å². The van der Waals surface area contributed by atoms with Gasteiger partial charge in [0.1, 0.15) is 6.61 Å². The van der Waals surface area contributed by atoms with Crippen LogP contribution in [-0.4, -0.2) is 13.0 Å². The van der Waals surface area contributed by atoms with Crippen LogP contribution in [0.3, 0.4) is 0 Å². The van der Waals surface area contributed by atoms with Gasteiger partial charge in [0.15, 0.2) is 5.75 Å². The van der Waals surface area contributed by atoms with Crippen molar-refractivity contribution in [1.82, 2.24) is 0 Å². The highest BCUT2D eigenvalue weighted by Crippen LogP contribution is 2.32. The van der Waals surface area contributed by atoms with Crippen LogP contribution in [0.4, 0.5) is 8.78 Å². The molecule has 0 saturated heterocycles. The topological polar surface area (TPSA) is 9.23 Å². The molecule has 1 rings (SSSR count). The van der Waals surface area contributed by atoms with Crippen LogP contribution in [0.1, 0.15) is 0 Å². The van der Waals surface area contributed by atoms with E-state index in [1.807, 2.05) is 0 Å². The van der Waals surface area contributed by atoms with Crippen LogP contribution in [0, 0.1) is 0 Å². The third-order valence-electron chi connectivity index (χ3n) is 1.27. The van der Waals surface area contributed by atoms with Crippen molar-refractivity contribution in [2.45, 2.75) is 6.43 Å². The van der Waals surface area contributed by atoms with E-state index in [0.717, 1.165) is 0 Å². The molecule has 0 N–H and O–H groups in total. The quantitative estimate of drug-likeness (QED) is 0.765. The van der Waals surface area contributed by atoms with Crippen LogP contribution in [0.2, 0.25) is 10.0 Å². The summed E-state index contributed by atoms with van der Waals surface area (Å²) in [5.41, 5.74) is 0. The molecule has 0 heterocycles. The Morgan fingerprint density at radius 2 is 1.77 bits per heavy atom. The summed E-state index contributed by atoms with van der Waals surface area (Å²) in [6.45, 7) is -0.705. The van der Waals surface area contributed by atoms with Gasteiger partial charge in [-0.3, -0.25) is 0 Å². The van der Waals surface area contributed by atoms with E-state index in [4.69, 9.17) is 27.9 Å². The molecule has 1 aromatic carbocycles. The zero-order valence-electron chi connectivity index (χ0n) is 6.44. The molecule has 1 aromatic rings. The minimum Gasteiger partial charge on any atom is -0.485 e. The second-order valence-corrected chi connectivity index (χ2v) is 3.07. The van der Waals surface area contributed by atoms with Gasteiger partial charge in [-0.05, 0) is 12.1 Å². The van der Waals surface area contributed by atoms with E-state index in [1.54, 1.807) is 6.07 Å². The monoisotopic (exact) mass is 226 g/mol. The van der Waals surface area contributed by atoms with E-state index < -0.39 is 13.0 Å². The van der Waals surface area contributed by atoms with Crippen molar-refractivity contribution in [3.63, 3.8) is 0 Å². The smallest absolute Gasteiger partial charge is 0.272 e. The number of halogens is 4. The predicted molar refractivity (Wildman–Crippen MR) is 48.0 cm³/mol. The molecule has 0 spiro atoms. The summed E-state index contributed by atoms with van der Waals surface area (Å²) in [6.07, 6.45) is -2.53. The van der Waals surface area contributed by atoms with Crippen LogP contribution >= 0.6 is 23.2 Å². The lowest BCUT2D eigenvalue weighted by molar-refractivity contribution is 0.0820. The van der Waals surface area contributed by atoms with Crippen LogP contribution in [-0.2, 0) is 0 Å². The summed E-state index contributed by atoms with van der Waals surface area (Å²) in [5, 5.41) is 0.460. The van der Waals surface area contributed by atoms with Crippen LogP contribution in [0.5, 0.6) is 5.75 Å². The average molecular weight is 227 g/mol. The molecule has 0 fully saturated rings. The molecule has 72 valence electrons. The Kier molecular flexibility index (Phi) is 3.75. The van der Waals surface area contributed by atoms with E-state index >= 15 is 0 Å². The van der Waals surface area contributed by atoms with E-state index in [-0.39, 0.29) is 15.8 Å². The lowest BCUT2D eigenvalue weighted by atomic mass is 10.3. The largest absolute Gasteiger partial charge is 0.485 e. The molecule has 0 aromatic heterocycles. The first-order chi connectivity index (χ1) is 6.11. The molecule has 0 atom stereocenters. The highest BCUT2D eigenvalue weighted by Gasteiger charge is 2.09. The normalized spacial score (nSPS) is 10.5. The fraction of sp³-hybridized carbons (Fsp3) is 0.250. The van der Waals surface area contributed by atoms with Crippen molar-refractivity contribution in [2.24, 2.45) is 0 Å². The zero-order chi connectivity index (χ0) is 9.84. The number of hydrogen-bond donors (Lipinski definition) is 0. The summed E-state index contributed by atoms with van der Waals surface area (Å²) in [5.74, 6) is 0.103. The molecule has 0 radical (unpaired) electrons. The summed E-state index contributed by atoms with van der Waals surface area (Å²) in [4.78, 5) is 0. The predicted octanol–water partition coefficient (Wildman–Crippen LogP) is 3.64. The molecule has 0 aliphatic carbocycles. The Morgan fingerprint density at radius 3 is 2.23 bits per heavy atom. The van der Waals surface area contributed by atoms with Gasteiger partial charge in [-0.1, -0.05) is 29.3 Å². The first-order valence-corrected chi connectivity index (χ1v) is 4.22. The minimum atomic E-state index is -2.53. The van der Waals surface area contributed by atoms with Crippen molar-refractivity contribution in [3.05, 3.63) is 28.2 Å². The van der Waals surface area contributed by atoms with Crippen molar-refractivity contribution >= 4 is 23.2 Å². The van der Waals surface area contributed by atoms with Gasteiger partial charge in [-0.2, -0.15) is 0 Å². The van der Waals surface area contributed by atoms with E-state index in [2.05, 4.69) is 0 Å². The number of rotatable bonds is 3. The van der Waals surface area contributed by atoms with Gasteiger partial charge in [-0.25, -0.2) is 8.78 Å². The molecule has 1 nitrogen and oxygen atoms in total. The fourth-order valence-corrected chi connectivity index (χ4v) is 1.27. The summed E-state index contributed by atoms with van der Waals surface area (Å²) in [6, 6.07) is 4.66. The van der Waals surface area contributed by atoms with Crippen LogP contribution in [0.15, 0.2) is 18.2 Å². The molecular weight excluding hydrogens is 221 g/mol. The molecule has 0 amide bonds. The standard InChI is InChI=1S/C8H6Cl2F2O/c9-5-2-1-3-6(10)8(5)13-4-7(11)12/h1-3,7H,4H2. The van der Waals surface area contributed by atoms with Gasteiger partial charge >= 0.3 is 0 Å². The van der Waals surface area contributed by atoms with Gasteiger partial charge < -0.3 is 4.74 Å². The van der Waals surface area contributed by atoms with Crippen molar-refractivity contribution < 1.29 is 13.5 Å². The number of ether oxygens (including phenoxy) is 1. The summed E-state index contributed by atoms with van der Waals surface area (Å²) < 4.78 is 28.3. The van der Waals surface area contributed by atoms with Gasteiger partial charge in [0, 0.05) is 0 Å². The maximum atomic E-state index is 11.8. The highest BCUT2D eigenvalue weighted by molar-refractivity contribution is 6.37. The third-order valence-corrected chi connectivity index (χ3v) is 1.87. The highest BCUT2D eigenvalue weighted by atomic mass is 35.5. The Balaban J connectivity index is 2.75. The first-order valence-electron chi connectivity index (χ1n) is 3.46. The maximum Gasteiger partial charge on any atom is 0.272 e. The molecule has 0 aliphatic heterocycles. The summed E-state index contributed by atoms with van der Waals surface area (Å²) >= 11 is 11.3.